The summed E-state index contributed by atoms with van der Waals surface area (Å²) in [6.45, 7) is 11.1. The van der Waals surface area contributed by atoms with E-state index in [0.29, 0.717) is 0 Å². The molecule has 0 saturated carbocycles. The van der Waals surface area contributed by atoms with Crippen LogP contribution in [0.5, 0.6) is 0 Å². The summed E-state index contributed by atoms with van der Waals surface area (Å²) < 4.78 is 2.33. The molecule has 0 amide bonds. The maximum Gasteiger partial charge on any atom is 0.0492 e. The van der Waals surface area contributed by atoms with Gasteiger partial charge in [-0.1, -0.05) is 39.0 Å². The largest absolute Gasteiger partial charge is 0.318 e. The molecule has 0 bridgehead atoms. The van der Waals surface area contributed by atoms with Crippen LogP contribution in [-0.4, -0.2) is 4.57 Å². The van der Waals surface area contributed by atoms with Crippen molar-refractivity contribution in [3.05, 3.63) is 53.3 Å². The second-order valence-electron chi connectivity index (χ2n) is 5.72. The molecular weight excluding hydrogens is 206 g/mol. The molecule has 0 radical (unpaired) electrons. The van der Waals surface area contributed by atoms with Crippen molar-refractivity contribution in [3.63, 3.8) is 0 Å². The fraction of sp³-hybridized carbons (Fsp3) is 0.375. The molecule has 0 aliphatic carbocycles. The fourth-order valence-electron chi connectivity index (χ4n) is 2.35. The smallest absolute Gasteiger partial charge is 0.0492 e. The lowest BCUT2D eigenvalue weighted by molar-refractivity contribution is 0.585. The van der Waals surface area contributed by atoms with Gasteiger partial charge in [-0.25, -0.2) is 0 Å². The van der Waals surface area contributed by atoms with Gasteiger partial charge in [0.1, 0.15) is 0 Å². The molecule has 0 aliphatic heterocycles. The normalized spacial score (nSPS) is 11.8. The minimum Gasteiger partial charge on any atom is -0.318 e. The van der Waals surface area contributed by atoms with Gasteiger partial charge in [-0.15, -0.1) is 0 Å². The lowest BCUT2D eigenvalue weighted by Gasteiger charge is -2.24. The maximum absolute atomic E-state index is 2.33. The highest BCUT2D eigenvalue weighted by Crippen LogP contribution is 2.30. The minimum atomic E-state index is 0.166. The van der Waals surface area contributed by atoms with Crippen molar-refractivity contribution < 1.29 is 0 Å². The Bertz CT molecular complexity index is 507. The van der Waals surface area contributed by atoms with Crippen molar-refractivity contribution in [1.29, 1.82) is 0 Å². The maximum atomic E-state index is 2.33. The van der Waals surface area contributed by atoms with Gasteiger partial charge in [0.2, 0.25) is 0 Å². The standard InChI is InChI=1S/C16H21N/c1-12-10-11-13(2)17(12)15-9-7-6-8-14(15)16(3,4)5/h6-11H,1-5H3. The number of hydrogen-bond acceptors (Lipinski definition) is 0. The summed E-state index contributed by atoms with van der Waals surface area (Å²) in [5.41, 5.74) is 5.44. The average molecular weight is 227 g/mol. The van der Waals surface area contributed by atoms with Crippen LogP contribution in [0.1, 0.15) is 37.7 Å². The van der Waals surface area contributed by atoms with Crippen molar-refractivity contribution in [2.75, 3.05) is 0 Å². The molecule has 90 valence electrons. The van der Waals surface area contributed by atoms with Gasteiger partial charge < -0.3 is 4.57 Å². The van der Waals surface area contributed by atoms with Crippen LogP contribution in [-0.2, 0) is 5.41 Å². The fourth-order valence-corrected chi connectivity index (χ4v) is 2.35. The molecule has 1 heterocycles. The molecular formula is C16H21N. The van der Waals surface area contributed by atoms with Crippen molar-refractivity contribution in [1.82, 2.24) is 4.57 Å². The zero-order valence-corrected chi connectivity index (χ0v) is 11.4. The number of aromatic nitrogens is 1. The third kappa shape index (κ3) is 2.14. The summed E-state index contributed by atoms with van der Waals surface area (Å²) in [6, 6.07) is 13.0. The van der Waals surface area contributed by atoms with Crippen molar-refractivity contribution in [2.45, 2.75) is 40.0 Å². The van der Waals surface area contributed by atoms with Gasteiger partial charge >= 0.3 is 0 Å². The third-order valence-corrected chi connectivity index (χ3v) is 3.22. The van der Waals surface area contributed by atoms with E-state index in [1.807, 2.05) is 0 Å². The van der Waals surface area contributed by atoms with Crippen LogP contribution in [0.25, 0.3) is 5.69 Å². The Hall–Kier alpha value is -1.50. The van der Waals surface area contributed by atoms with Gasteiger partial charge in [0.25, 0.3) is 0 Å². The summed E-state index contributed by atoms with van der Waals surface area (Å²) in [6.07, 6.45) is 0. The van der Waals surface area contributed by atoms with Gasteiger partial charge in [0, 0.05) is 17.1 Å². The molecule has 0 unspecified atom stereocenters. The van der Waals surface area contributed by atoms with E-state index in [0.717, 1.165) is 0 Å². The van der Waals surface area contributed by atoms with Gasteiger partial charge in [-0.2, -0.15) is 0 Å². The summed E-state index contributed by atoms with van der Waals surface area (Å²) in [4.78, 5) is 0. The number of aryl methyl sites for hydroxylation is 2. The molecule has 2 aromatic rings. The second kappa shape index (κ2) is 4.06. The summed E-state index contributed by atoms with van der Waals surface area (Å²) in [5, 5.41) is 0. The Morgan fingerprint density at radius 1 is 0.824 bits per heavy atom. The van der Waals surface area contributed by atoms with Gasteiger partial charge in [0.05, 0.1) is 0 Å². The topological polar surface area (TPSA) is 4.93 Å². The number of benzene rings is 1. The predicted molar refractivity (Wildman–Crippen MR) is 73.9 cm³/mol. The van der Waals surface area contributed by atoms with E-state index in [2.05, 4.69) is 75.6 Å². The first-order valence-electron chi connectivity index (χ1n) is 6.16. The molecule has 1 aromatic carbocycles. The Labute approximate surface area is 104 Å². The predicted octanol–water partition coefficient (Wildman–Crippen LogP) is 4.39. The van der Waals surface area contributed by atoms with Crippen molar-refractivity contribution in [2.24, 2.45) is 0 Å². The van der Waals surface area contributed by atoms with Gasteiger partial charge in [-0.05, 0) is 43.0 Å². The van der Waals surface area contributed by atoms with Gasteiger partial charge in [0.15, 0.2) is 0 Å². The molecule has 0 aliphatic rings. The molecule has 0 spiro atoms. The first-order valence-corrected chi connectivity index (χ1v) is 6.16. The zero-order chi connectivity index (χ0) is 12.6. The Balaban J connectivity index is 2.69. The first-order chi connectivity index (χ1) is 7.91. The Kier molecular flexibility index (Phi) is 2.86. The van der Waals surface area contributed by atoms with Gasteiger partial charge in [-0.3, -0.25) is 0 Å². The van der Waals surface area contributed by atoms with Crippen LogP contribution in [0, 0.1) is 13.8 Å². The van der Waals surface area contributed by atoms with Crippen LogP contribution in [0.3, 0.4) is 0 Å². The number of rotatable bonds is 1. The van der Waals surface area contributed by atoms with Crippen molar-refractivity contribution in [3.8, 4) is 5.69 Å². The lowest BCUT2D eigenvalue weighted by atomic mass is 9.85. The monoisotopic (exact) mass is 227 g/mol. The van der Waals surface area contributed by atoms with E-state index in [-0.39, 0.29) is 5.41 Å². The average Bonchev–Trinajstić information content (AvgIpc) is 2.57. The first kappa shape index (κ1) is 12.0. The van der Waals surface area contributed by atoms with Crippen LogP contribution >= 0.6 is 0 Å². The quantitative estimate of drug-likeness (QED) is 0.681. The molecule has 2 rings (SSSR count). The lowest BCUT2D eigenvalue weighted by Crippen LogP contribution is -2.15. The summed E-state index contributed by atoms with van der Waals surface area (Å²) >= 11 is 0. The second-order valence-corrected chi connectivity index (χ2v) is 5.72. The van der Waals surface area contributed by atoms with E-state index < -0.39 is 0 Å². The summed E-state index contributed by atoms with van der Waals surface area (Å²) in [5.74, 6) is 0. The molecule has 17 heavy (non-hydrogen) atoms. The molecule has 0 fully saturated rings. The van der Waals surface area contributed by atoms with Crippen molar-refractivity contribution >= 4 is 0 Å². The zero-order valence-electron chi connectivity index (χ0n) is 11.4. The van der Waals surface area contributed by atoms with E-state index in [4.69, 9.17) is 0 Å². The molecule has 0 atom stereocenters. The van der Waals surface area contributed by atoms with Crippen LogP contribution in [0.15, 0.2) is 36.4 Å². The highest BCUT2D eigenvalue weighted by molar-refractivity contribution is 5.47. The number of nitrogens with zero attached hydrogens (tertiary/aromatic N) is 1. The van der Waals surface area contributed by atoms with E-state index >= 15 is 0 Å². The molecule has 1 aromatic heterocycles. The molecule has 0 N–H and O–H groups in total. The van der Waals surface area contributed by atoms with E-state index in [1.54, 1.807) is 0 Å². The number of hydrogen-bond donors (Lipinski definition) is 0. The molecule has 1 nitrogen and oxygen atoms in total. The number of para-hydroxylation sites is 1. The van der Waals surface area contributed by atoms with Crippen LogP contribution in [0.4, 0.5) is 0 Å². The highest BCUT2D eigenvalue weighted by atomic mass is 15.0. The third-order valence-electron chi connectivity index (χ3n) is 3.22. The summed E-state index contributed by atoms with van der Waals surface area (Å²) in [7, 11) is 0. The SMILES string of the molecule is Cc1ccc(C)n1-c1ccccc1C(C)(C)C. The van der Waals surface area contributed by atoms with Crippen LogP contribution < -0.4 is 0 Å². The van der Waals surface area contributed by atoms with E-state index in [9.17, 15) is 0 Å². The Morgan fingerprint density at radius 2 is 1.35 bits per heavy atom. The van der Waals surface area contributed by atoms with E-state index in [1.165, 1.54) is 22.6 Å². The minimum absolute atomic E-state index is 0.166. The van der Waals surface area contributed by atoms with Crippen LogP contribution in [0.2, 0.25) is 0 Å². The molecule has 0 saturated heterocycles. The highest BCUT2D eigenvalue weighted by Gasteiger charge is 2.19. The Morgan fingerprint density at radius 3 is 1.88 bits per heavy atom. The molecule has 1 heteroatoms.